The van der Waals surface area contributed by atoms with E-state index in [0.29, 0.717) is 21.5 Å². The van der Waals surface area contributed by atoms with E-state index in [4.69, 9.17) is 11.6 Å². The average molecular weight is 381 g/mol. The van der Waals surface area contributed by atoms with E-state index >= 15 is 0 Å². The van der Waals surface area contributed by atoms with E-state index in [-0.39, 0.29) is 11.8 Å². The number of carbonyl (C=O) groups is 1. The predicted molar refractivity (Wildman–Crippen MR) is 105 cm³/mol. The molecule has 2 fully saturated rings. The van der Waals surface area contributed by atoms with Crippen LogP contribution in [0.5, 0.6) is 0 Å². The van der Waals surface area contributed by atoms with Gasteiger partial charge >= 0.3 is 0 Å². The monoisotopic (exact) mass is 380 g/mol. The van der Waals surface area contributed by atoms with Gasteiger partial charge in [0.15, 0.2) is 0 Å². The first-order valence-electron chi connectivity index (χ1n) is 9.64. The zero-order valence-electron chi connectivity index (χ0n) is 16.1. The molecule has 1 aromatic carbocycles. The highest BCUT2D eigenvalue weighted by Gasteiger charge is 2.45. The number of halogens is 2. The molecule has 3 nitrogen and oxygen atoms in total. The molecule has 26 heavy (non-hydrogen) atoms. The molecule has 1 spiro atoms. The summed E-state index contributed by atoms with van der Waals surface area (Å²) in [6, 6.07) is 4.14. The Labute approximate surface area is 161 Å². The molecule has 0 radical (unpaired) electrons. The molecule has 1 amide bonds. The molecular weight excluding hydrogens is 351 g/mol. The van der Waals surface area contributed by atoms with Crippen molar-refractivity contribution in [3.63, 3.8) is 0 Å². The predicted octanol–water partition coefficient (Wildman–Crippen LogP) is 5.35. The standard InChI is InChI=1S/C21H30ClFN2O/c1-20(2,3)8-9-25-13-21(14-25)6-4-15(5-7-21)19(26)24-18-11-16(22)10-17(23)12-18/h10-12,15H,4-9,13-14H2,1-3H3,(H,24,26). The van der Waals surface area contributed by atoms with Crippen LogP contribution in [-0.2, 0) is 4.79 Å². The molecule has 1 aliphatic carbocycles. The zero-order valence-corrected chi connectivity index (χ0v) is 16.8. The quantitative estimate of drug-likeness (QED) is 0.763. The van der Waals surface area contributed by atoms with E-state index in [2.05, 4.69) is 31.0 Å². The van der Waals surface area contributed by atoms with Crippen molar-refractivity contribution in [1.29, 1.82) is 0 Å². The fraction of sp³-hybridized carbons (Fsp3) is 0.667. The van der Waals surface area contributed by atoms with Crippen LogP contribution in [0.25, 0.3) is 0 Å². The third-order valence-electron chi connectivity index (χ3n) is 5.84. The summed E-state index contributed by atoms with van der Waals surface area (Å²) in [5, 5.41) is 3.13. The van der Waals surface area contributed by atoms with Crippen LogP contribution in [0.1, 0.15) is 52.9 Å². The maximum Gasteiger partial charge on any atom is 0.227 e. The number of nitrogens with zero attached hydrogens (tertiary/aromatic N) is 1. The summed E-state index contributed by atoms with van der Waals surface area (Å²) < 4.78 is 13.4. The van der Waals surface area contributed by atoms with E-state index < -0.39 is 5.82 Å². The van der Waals surface area contributed by atoms with Crippen molar-refractivity contribution in [1.82, 2.24) is 4.90 Å². The summed E-state index contributed by atoms with van der Waals surface area (Å²) in [7, 11) is 0. The topological polar surface area (TPSA) is 32.3 Å². The minimum absolute atomic E-state index is 0.00886. The molecule has 144 valence electrons. The lowest BCUT2D eigenvalue weighted by atomic mass is 9.65. The number of carbonyl (C=O) groups excluding carboxylic acids is 1. The third-order valence-corrected chi connectivity index (χ3v) is 6.06. The van der Waals surface area contributed by atoms with Gasteiger partial charge in [-0.2, -0.15) is 0 Å². The molecule has 1 heterocycles. The van der Waals surface area contributed by atoms with Gasteiger partial charge in [0.2, 0.25) is 5.91 Å². The lowest BCUT2D eigenvalue weighted by Gasteiger charge is -2.54. The maximum absolute atomic E-state index is 13.4. The third kappa shape index (κ3) is 4.98. The van der Waals surface area contributed by atoms with Gasteiger partial charge in [-0.15, -0.1) is 0 Å². The highest BCUT2D eigenvalue weighted by atomic mass is 35.5. The molecule has 2 aliphatic rings. The highest BCUT2D eigenvalue weighted by Crippen LogP contribution is 2.46. The van der Waals surface area contributed by atoms with Gasteiger partial charge in [-0.05, 0) is 67.7 Å². The Kier molecular flexibility index (Phi) is 5.64. The van der Waals surface area contributed by atoms with Gasteiger partial charge in [-0.1, -0.05) is 32.4 Å². The summed E-state index contributed by atoms with van der Waals surface area (Å²) in [6.45, 7) is 10.4. The number of rotatable bonds is 4. The Morgan fingerprint density at radius 2 is 1.92 bits per heavy atom. The number of nitrogens with one attached hydrogen (secondary N) is 1. The van der Waals surface area contributed by atoms with Crippen molar-refractivity contribution in [3.8, 4) is 0 Å². The Hall–Kier alpha value is -1.13. The molecule has 0 unspecified atom stereocenters. The molecule has 1 saturated heterocycles. The van der Waals surface area contributed by atoms with Crippen molar-refractivity contribution in [2.45, 2.75) is 52.9 Å². The number of hydrogen-bond acceptors (Lipinski definition) is 2. The molecule has 0 bridgehead atoms. The van der Waals surface area contributed by atoms with Crippen LogP contribution in [0.4, 0.5) is 10.1 Å². The van der Waals surface area contributed by atoms with E-state index in [1.165, 1.54) is 38.2 Å². The van der Waals surface area contributed by atoms with Crippen LogP contribution < -0.4 is 5.32 Å². The van der Waals surface area contributed by atoms with Gasteiger partial charge in [0, 0.05) is 29.7 Å². The highest BCUT2D eigenvalue weighted by molar-refractivity contribution is 6.30. The van der Waals surface area contributed by atoms with Crippen molar-refractivity contribution in [2.24, 2.45) is 16.7 Å². The summed E-state index contributed by atoms with van der Waals surface area (Å²) >= 11 is 5.85. The Morgan fingerprint density at radius 3 is 2.50 bits per heavy atom. The van der Waals surface area contributed by atoms with Crippen LogP contribution in [0, 0.1) is 22.6 Å². The zero-order chi connectivity index (χ0) is 18.9. The van der Waals surface area contributed by atoms with Crippen LogP contribution in [0.2, 0.25) is 5.02 Å². The molecule has 5 heteroatoms. The summed E-state index contributed by atoms with van der Waals surface area (Å²) in [6.07, 6.45) is 5.29. The second-order valence-electron chi connectivity index (χ2n) is 9.44. The van der Waals surface area contributed by atoms with E-state index in [1.807, 2.05) is 0 Å². The second kappa shape index (κ2) is 7.47. The van der Waals surface area contributed by atoms with Crippen molar-refractivity contribution in [2.75, 3.05) is 25.0 Å². The van der Waals surface area contributed by atoms with Gasteiger partial charge < -0.3 is 10.2 Å². The fourth-order valence-electron chi connectivity index (χ4n) is 4.23. The van der Waals surface area contributed by atoms with Crippen molar-refractivity contribution >= 4 is 23.2 Å². The Bertz CT molecular complexity index is 634. The van der Waals surface area contributed by atoms with E-state index in [1.54, 1.807) is 6.07 Å². The molecule has 0 atom stereocenters. The summed E-state index contributed by atoms with van der Waals surface area (Å²) in [5.41, 5.74) is 1.26. The second-order valence-corrected chi connectivity index (χ2v) is 9.88. The molecule has 3 rings (SSSR count). The Morgan fingerprint density at radius 1 is 1.27 bits per heavy atom. The van der Waals surface area contributed by atoms with Crippen LogP contribution in [0.15, 0.2) is 18.2 Å². The van der Waals surface area contributed by atoms with Crippen molar-refractivity contribution in [3.05, 3.63) is 29.0 Å². The van der Waals surface area contributed by atoms with Crippen molar-refractivity contribution < 1.29 is 9.18 Å². The van der Waals surface area contributed by atoms with Gasteiger partial charge in [-0.3, -0.25) is 4.79 Å². The Balaban J connectivity index is 1.45. The lowest BCUT2D eigenvalue weighted by Crippen LogP contribution is -2.58. The number of hydrogen-bond donors (Lipinski definition) is 1. The molecule has 1 aliphatic heterocycles. The molecule has 1 saturated carbocycles. The summed E-state index contributed by atoms with van der Waals surface area (Å²) in [4.78, 5) is 15.1. The summed E-state index contributed by atoms with van der Waals surface area (Å²) in [5.74, 6) is -0.420. The fourth-order valence-corrected chi connectivity index (χ4v) is 4.45. The first-order chi connectivity index (χ1) is 12.1. The number of likely N-dealkylation sites (tertiary alicyclic amines) is 1. The van der Waals surface area contributed by atoms with Crippen LogP contribution in [-0.4, -0.2) is 30.4 Å². The number of benzene rings is 1. The first-order valence-corrected chi connectivity index (χ1v) is 10.0. The van der Waals surface area contributed by atoms with Gasteiger partial charge in [0.25, 0.3) is 0 Å². The molecular formula is C21H30ClFN2O. The van der Waals surface area contributed by atoms with Crippen LogP contribution >= 0.6 is 11.6 Å². The van der Waals surface area contributed by atoms with Crippen LogP contribution in [0.3, 0.4) is 0 Å². The first kappa shape index (κ1) is 19.6. The van der Waals surface area contributed by atoms with Gasteiger partial charge in [0.05, 0.1) is 0 Å². The minimum Gasteiger partial charge on any atom is -0.326 e. The minimum atomic E-state index is -0.430. The smallest absolute Gasteiger partial charge is 0.227 e. The largest absolute Gasteiger partial charge is 0.326 e. The normalized spacial score (nSPS) is 20.8. The average Bonchev–Trinajstić information content (AvgIpc) is 2.49. The van der Waals surface area contributed by atoms with Gasteiger partial charge in [0.1, 0.15) is 5.82 Å². The molecule has 1 aromatic rings. The number of amides is 1. The van der Waals surface area contributed by atoms with E-state index in [0.717, 1.165) is 25.7 Å². The SMILES string of the molecule is CC(C)(C)CCN1CC2(CCC(C(=O)Nc3cc(F)cc(Cl)c3)CC2)C1. The number of anilines is 1. The van der Waals surface area contributed by atoms with Gasteiger partial charge in [-0.25, -0.2) is 4.39 Å². The molecule has 0 aromatic heterocycles. The molecule has 1 N–H and O–H groups in total. The van der Waals surface area contributed by atoms with E-state index in [9.17, 15) is 9.18 Å². The lowest BCUT2D eigenvalue weighted by molar-refractivity contribution is -0.123. The maximum atomic E-state index is 13.4.